The van der Waals surface area contributed by atoms with Gasteiger partial charge in [-0.2, -0.15) is 5.01 Å². The smallest absolute Gasteiger partial charge is 0.318 e. The first-order valence-electron chi connectivity index (χ1n) is 7.87. The highest BCUT2D eigenvalue weighted by Crippen LogP contribution is 2.31. The quantitative estimate of drug-likeness (QED) is 0.782. The van der Waals surface area contributed by atoms with E-state index >= 15 is 0 Å². The van der Waals surface area contributed by atoms with Crippen molar-refractivity contribution in [2.75, 3.05) is 0 Å². The van der Waals surface area contributed by atoms with Gasteiger partial charge in [-0.05, 0) is 30.2 Å². The van der Waals surface area contributed by atoms with Crippen molar-refractivity contribution >= 4 is 41.0 Å². The van der Waals surface area contributed by atoms with E-state index < -0.39 is 23.4 Å². The number of carbonyl (C=O) groups excluding carboxylic acids is 3. The standard InChI is InChI=1S/C18H15Cl2N3O3/c1-2-18(12-6-4-3-5-7-12)16(25)23(17(26)21-18)22-15(24)11-8-9-13(19)14(20)10-11/h3-10H,2H2,1H3,(H,21,26)(H,22,24)/t18-/m0/s1. The molecular weight excluding hydrogens is 377 g/mol. The molecule has 0 saturated carbocycles. The number of urea groups is 1. The monoisotopic (exact) mass is 391 g/mol. The third-order valence-electron chi connectivity index (χ3n) is 4.28. The van der Waals surface area contributed by atoms with Crippen LogP contribution in [0, 0.1) is 0 Å². The molecule has 4 amide bonds. The molecule has 2 aromatic rings. The van der Waals surface area contributed by atoms with Gasteiger partial charge in [-0.1, -0.05) is 60.5 Å². The van der Waals surface area contributed by atoms with Crippen LogP contribution in [0.2, 0.25) is 10.0 Å². The number of hydrogen-bond acceptors (Lipinski definition) is 3. The predicted octanol–water partition coefficient (Wildman–Crippen LogP) is 3.50. The van der Waals surface area contributed by atoms with Gasteiger partial charge in [0.15, 0.2) is 0 Å². The molecule has 1 heterocycles. The minimum atomic E-state index is -1.22. The molecule has 134 valence electrons. The van der Waals surface area contributed by atoms with E-state index in [-0.39, 0.29) is 10.6 Å². The molecule has 0 bridgehead atoms. The molecule has 2 N–H and O–H groups in total. The minimum absolute atomic E-state index is 0.175. The molecule has 2 aromatic carbocycles. The molecule has 0 aliphatic carbocycles. The maximum Gasteiger partial charge on any atom is 0.344 e. The van der Waals surface area contributed by atoms with Crippen LogP contribution in [-0.2, 0) is 10.3 Å². The summed E-state index contributed by atoms with van der Waals surface area (Å²) >= 11 is 11.7. The van der Waals surface area contributed by atoms with Crippen LogP contribution in [0.15, 0.2) is 48.5 Å². The van der Waals surface area contributed by atoms with Crippen molar-refractivity contribution in [3.63, 3.8) is 0 Å². The van der Waals surface area contributed by atoms with Crippen LogP contribution in [0.5, 0.6) is 0 Å². The normalized spacial score (nSPS) is 19.4. The first kappa shape index (κ1) is 18.2. The Morgan fingerprint density at radius 1 is 1.12 bits per heavy atom. The summed E-state index contributed by atoms with van der Waals surface area (Å²) in [6.07, 6.45) is 0.334. The van der Waals surface area contributed by atoms with Crippen LogP contribution >= 0.6 is 23.2 Å². The van der Waals surface area contributed by atoms with E-state index in [1.165, 1.54) is 18.2 Å². The Morgan fingerprint density at radius 2 is 1.81 bits per heavy atom. The van der Waals surface area contributed by atoms with Gasteiger partial charge >= 0.3 is 6.03 Å². The fourth-order valence-electron chi connectivity index (χ4n) is 2.84. The lowest BCUT2D eigenvalue weighted by Crippen LogP contribution is -2.48. The zero-order chi connectivity index (χ0) is 18.9. The largest absolute Gasteiger partial charge is 0.344 e. The average Bonchev–Trinajstić information content (AvgIpc) is 2.89. The lowest BCUT2D eigenvalue weighted by atomic mass is 9.87. The van der Waals surface area contributed by atoms with Gasteiger partial charge in [-0.3, -0.25) is 15.0 Å². The van der Waals surface area contributed by atoms with Crippen molar-refractivity contribution < 1.29 is 14.4 Å². The van der Waals surface area contributed by atoms with Crippen molar-refractivity contribution in [3.8, 4) is 0 Å². The fraction of sp³-hybridized carbons (Fsp3) is 0.167. The van der Waals surface area contributed by atoms with Gasteiger partial charge in [0.25, 0.3) is 11.8 Å². The van der Waals surface area contributed by atoms with Crippen LogP contribution in [0.25, 0.3) is 0 Å². The number of benzene rings is 2. The highest BCUT2D eigenvalue weighted by atomic mass is 35.5. The van der Waals surface area contributed by atoms with Crippen LogP contribution in [-0.4, -0.2) is 22.9 Å². The Morgan fingerprint density at radius 3 is 2.42 bits per heavy atom. The summed E-state index contributed by atoms with van der Waals surface area (Å²) in [6.45, 7) is 1.79. The summed E-state index contributed by atoms with van der Waals surface area (Å²) in [7, 11) is 0. The van der Waals surface area contributed by atoms with Gasteiger partial charge in [0.2, 0.25) is 0 Å². The fourth-order valence-corrected chi connectivity index (χ4v) is 3.14. The Hall–Kier alpha value is -2.57. The second-order valence-electron chi connectivity index (χ2n) is 5.77. The number of halogens is 2. The molecule has 0 radical (unpaired) electrons. The third-order valence-corrected chi connectivity index (χ3v) is 5.02. The van der Waals surface area contributed by atoms with Crippen molar-refractivity contribution in [2.45, 2.75) is 18.9 Å². The molecule has 0 aromatic heterocycles. The summed E-state index contributed by atoms with van der Waals surface area (Å²) in [5, 5.41) is 3.88. The van der Waals surface area contributed by atoms with E-state index in [0.29, 0.717) is 22.0 Å². The van der Waals surface area contributed by atoms with Crippen LogP contribution in [0.3, 0.4) is 0 Å². The molecule has 3 rings (SSSR count). The Bertz CT molecular complexity index is 889. The molecule has 26 heavy (non-hydrogen) atoms. The SMILES string of the molecule is CC[C@@]1(c2ccccc2)NC(=O)N(NC(=O)c2ccc(Cl)c(Cl)c2)C1=O. The van der Waals surface area contributed by atoms with Gasteiger partial charge in [0, 0.05) is 5.56 Å². The van der Waals surface area contributed by atoms with Gasteiger partial charge < -0.3 is 5.32 Å². The van der Waals surface area contributed by atoms with E-state index in [4.69, 9.17) is 23.2 Å². The maximum atomic E-state index is 12.9. The van der Waals surface area contributed by atoms with Crippen molar-refractivity contribution in [2.24, 2.45) is 0 Å². The topological polar surface area (TPSA) is 78.5 Å². The molecule has 1 aliphatic rings. The number of nitrogens with zero attached hydrogens (tertiary/aromatic N) is 1. The minimum Gasteiger partial charge on any atom is -0.318 e. The molecule has 1 atom stereocenters. The summed E-state index contributed by atoms with van der Waals surface area (Å²) in [5.41, 5.74) is 1.93. The number of carbonyl (C=O) groups is 3. The van der Waals surface area contributed by atoms with Crippen LogP contribution in [0.4, 0.5) is 4.79 Å². The molecule has 1 aliphatic heterocycles. The lowest BCUT2D eigenvalue weighted by Gasteiger charge is -2.25. The number of rotatable bonds is 4. The van der Waals surface area contributed by atoms with Crippen LogP contribution in [0.1, 0.15) is 29.3 Å². The maximum absolute atomic E-state index is 12.9. The van der Waals surface area contributed by atoms with Crippen molar-refractivity contribution in [1.82, 2.24) is 15.8 Å². The van der Waals surface area contributed by atoms with Crippen molar-refractivity contribution in [3.05, 3.63) is 69.7 Å². The molecule has 6 nitrogen and oxygen atoms in total. The van der Waals surface area contributed by atoms with E-state index in [0.717, 1.165) is 0 Å². The number of imide groups is 1. The highest BCUT2D eigenvalue weighted by Gasteiger charge is 2.52. The molecule has 1 fully saturated rings. The summed E-state index contributed by atoms with van der Waals surface area (Å²) < 4.78 is 0. The van der Waals surface area contributed by atoms with Crippen LogP contribution < -0.4 is 10.7 Å². The summed E-state index contributed by atoms with van der Waals surface area (Å²) in [4.78, 5) is 37.7. The molecule has 0 unspecified atom stereocenters. The zero-order valence-electron chi connectivity index (χ0n) is 13.8. The average molecular weight is 392 g/mol. The van der Waals surface area contributed by atoms with E-state index in [1.807, 2.05) is 6.07 Å². The Labute approximate surface area is 160 Å². The van der Waals surface area contributed by atoms with Gasteiger partial charge in [0.1, 0.15) is 5.54 Å². The predicted molar refractivity (Wildman–Crippen MR) is 97.7 cm³/mol. The van der Waals surface area contributed by atoms with Gasteiger partial charge in [0.05, 0.1) is 10.0 Å². The lowest BCUT2D eigenvalue weighted by molar-refractivity contribution is -0.133. The Balaban J connectivity index is 1.87. The second kappa shape index (κ2) is 6.97. The van der Waals surface area contributed by atoms with Gasteiger partial charge in [-0.25, -0.2) is 4.79 Å². The number of amides is 4. The first-order valence-corrected chi connectivity index (χ1v) is 8.63. The molecule has 0 spiro atoms. The van der Waals surface area contributed by atoms with E-state index in [1.54, 1.807) is 31.2 Å². The first-order chi connectivity index (χ1) is 12.4. The third kappa shape index (κ3) is 3.02. The number of hydrazine groups is 1. The number of nitrogens with one attached hydrogen (secondary N) is 2. The van der Waals surface area contributed by atoms with Crippen molar-refractivity contribution in [1.29, 1.82) is 0 Å². The molecular formula is C18H15Cl2N3O3. The zero-order valence-corrected chi connectivity index (χ0v) is 15.3. The van der Waals surface area contributed by atoms with E-state index in [2.05, 4.69) is 10.7 Å². The molecule has 8 heteroatoms. The highest BCUT2D eigenvalue weighted by molar-refractivity contribution is 6.42. The summed E-state index contributed by atoms with van der Waals surface area (Å²) in [5.74, 6) is -1.20. The summed E-state index contributed by atoms with van der Waals surface area (Å²) in [6, 6.07) is 12.5. The second-order valence-corrected chi connectivity index (χ2v) is 6.58. The van der Waals surface area contributed by atoms with E-state index in [9.17, 15) is 14.4 Å². The van der Waals surface area contributed by atoms with Gasteiger partial charge in [-0.15, -0.1) is 0 Å². The molecule has 1 saturated heterocycles. The Kier molecular flexibility index (Phi) is 4.89. The number of hydrogen-bond donors (Lipinski definition) is 2.